The molecular formula is C16H13ClN2O2. The van der Waals surface area contributed by atoms with E-state index in [-0.39, 0.29) is 5.91 Å². The van der Waals surface area contributed by atoms with Crippen LogP contribution in [0.2, 0.25) is 5.02 Å². The smallest absolute Gasteiger partial charge is 0.255 e. The van der Waals surface area contributed by atoms with E-state index in [0.717, 1.165) is 5.56 Å². The Bertz CT molecular complexity index is 690. The van der Waals surface area contributed by atoms with Crippen LogP contribution in [-0.2, 0) is 6.54 Å². The molecule has 5 heteroatoms. The summed E-state index contributed by atoms with van der Waals surface area (Å²) in [6.45, 7) is 0.371. The normalized spacial score (nSPS) is 9.76. The molecule has 21 heavy (non-hydrogen) atoms. The maximum absolute atomic E-state index is 12.1. The van der Waals surface area contributed by atoms with Crippen molar-refractivity contribution in [2.45, 2.75) is 6.54 Å². The maximum Gasteiger partial charge on any atom is 0.255 e. The Labute approximate surface area is 127 Å². The van der Waals surface area contributed by atoms with Crippen molar-refractivity contribution in [3.05, 3.63) is 64.2 Å². The van der Waals surface area contributed by atoms with Gasteiger partial charge in [0.05, 0.1) is 24.3 Å². The number of ether oxygens (including phenoxy) is 1. The third-order valence-electron chi connectivity index (χ3n) is 2.94. The minimum atomic E-state index is -0.243. The standard InChI is InChI=1S/C16H13ClN2O2/c1-21-15-8-13(17)6-7-14(15)16(20)19-10-12-4-2-11(9-18)3-5-12/h2-8H,10H2,1H3,(H,19,20). The van der Waals surface area contributed by atoms with Crippen LogP contribution in [0.4, 0.5) is 0 Å². The van der Waals surface area contributed by atoms with Gasteiger partial charge < -0.3 is 10.1 Å². The Kier molecular flexibility index (Phi) is 4.81. The monoisotopic (exact) mass is 300 g/mol. The third-order valence-corrected chi connectivity index (χ3v) is 3.18. The minimum Gasteiger partial charge on any atom is -0.496 e. The Morgan fingerprint density at radius 2 is 2.00 bits per heavy atom. The van der Waals surface area contributed by atoms with Gasteiger partial charge in [0.1, 0.15) is 5.75 Å². The molecule has 0 fully saturated rings. The van der Waals surface area contributed by atoms with Gasteiger partial charge in [-0.25, -0.2) is 0 Å². The number of hydrogen-bond donors (Lipinski definition) is 1. The highest BCUT2D eigenvalue weighted by molar-refractivity contribution is 6.30. The number of halogens is 1. The van der Waals surface area contributed by atoms with Crippen molar-refractivity contribution in [2.24, 2.45) is 0 Å². The van der Waals surface area contributed by atoms with Gasteiger partial charge in [0, 0.05) is 11.6 Å². The number of amides is 1. The van der Waals surface area contributed by atoms with Crippen molar-refractivity contribution in [1.29, 1.82) is 5.26 Å². The van der Waals surface area contributed by atoms with Crippen LogP contribution in [0.5, 0.6) is 5.75 Å². The van der Waals surface area contributed by atoms with Crippen LogP contribution in [0.1, 0.15) is 21.5 Å². The summed E-state index contributed by atoms with van der Waals surface area (Å²) in [5.41, 5.74) is 1.93. The molecule has 0 bridgehead atoms. The van der Waals surface area contributed by atoms with Gasteiger partial charge in [-0.2, -0.15) is 5.26 Å². The second kappa shape index (κ2) is 6.78. The first-order valence-corrected chi connectivity index (χ1v) is 6.62. The number of rotatable bonds is 4. The lowest BCUT2D eigenvalue weighted by atomic mass is 10.1. The molecule has 0 aliphatic heterocycles. The largest absolute Gasteiger partial charge is 0.496 e. The number of nitrogens with zero attached hydrogens (tertiary/aromatic N) is 1. The lowest BCUT2D eigenvalue weighted by Crippen LogP contribution is -2.23. The predicted molar refractivity (Wildman–Crippen MR) is 80.3 cm³/mol. The summed E-state index contributed by atoms with van der Waals surface area (Å²) >= 11 is 5.86. The van der Waals surface area contributed by atoms with Crippen LogP contribution in [0.3, 0.4) is 0 Å². The number of carbonyl (C=O) groups is 1. The van der Waals surface area contributed by atoms with Crippen LogP contribution in [0.15, 0.2) is 42.5 Å². The minimum absolute atomic E-state index is 0.243. The number of benzene rings is 2. The van der Waals surface area contributed by atoms with E-state index in [0.29, 0.717) is 28.4 Å². The van der Waals surface area contributed by atoms with E-state index in [1.165, 1.54) is 7.11 Å². The lowest BCUT2D eigenvalue weighted by Gasteiger charge is -2.09. The number of methoxy groups -OCH3 is 1. The van der Waals surface area contributed by atoms with Crippen LogP contribution in [-0.4, -0.2) is 13.0 Å². The zero-order chi connectivity index (χ0) is 15.2. The van der Waals surface area contributed by atoms with E-state index >= 15 is 0 Å². The second-order valence-electron chi connectivity index (χ2n) is 4.34. The molecular weight excluding hydrogens is 288 g/mol. The molecule has 0 unspecified atom stereocenters. The molecule has 1 amide bonds. The van der Waals surface area contributed by atoms with Gasteiger partial charge in [-0.1, -0.05) is 23.7 Å². The van der Waals surface area contributed by atoms with Gasteiger partial charge in [0.25, 0.3) is 5.91 Å². The molecule has 0 saturated carbocycles. The summed E-state index contributed by atoms with van der Waals surface area (Å²) in [5.74, 6) is 0.188. The Morgan fingerprint density at radius 3 is 2.62 bits per heavy atom. The quantitative estimate of drug-likeness (QED) is 0.943. The van der Waals surface area contributed by atoms with E-state index in [1.807, 2.05) is 6.07 Å². The Morgan fingerprint density at radius 1 is 1.29 bits per heavy atom. The zero-order valence-corrected chi connectivity index (χ0v) is 12.1. The van der Waals surface area contributed by atoms with Crippen LogP contribution >= 0.6 is 11.6 Å². The highest BCUT2D eigenvalue weighted by atomic mass is 35.5. The summed E-state index contributed by atoms with van der Waals surface area (Å²) in [4.78, 5) is 12.1. The summed E-state index contributed by atoms with van der Waals surface area (Å²) in [6.07, 6.45) is 0. The molecule has 106 valence electrons. The summed E-state index contributed by atoms with van der Waals surface area (Å²) in [6, 6.07) is 13.9. The first kappa shape index (κ1) is 14.9. The Hall–Kier alpha value is -2.51. The van der Waals surface area contributed by atoms with Gasteiger partial charge in [0.2, 0.25) is 0 Å². The van der Waals surface area contributed by atoms with Crippen molar-refractivity contribution in [3.63, 3.8) is 0 Å². The first-order chi connectivity index (χ1) is 10.1. The molecule has 2 aromatic rings. The number of nitrogens with one attached hydrogen (secondary N) is 1. The summed E-state index contributed by atoms with van der Waals surface area (Å²) in [7, 11) is 1.49. The fourth-order valence-corrected chi connectivity index (χ4v) is 1.99. The number of carbonyl (C=O) groups excluding carboxylic acids is 1. The average molecular weight is 301 g/mol. The van der Waals surface area contributed by atoms with Crippen molar-refractivity contribution in [2.75, 3.05) is 7.11 Å². The van der Waals surface area contributed by atoms with E-state index in [1.54, 1.807) is 42.5 Å². The van der Waals surface area contributed by atoms with Crippen molar-refractivity contribution >= 4 is 17.5 Å². The van der Waals surface area contributed by atoms with Gasteiger partial charge in [-0.15, -0.1) is 0 Å². The average Bonchev–Trinajstić information content (AvgIpc) is 2.52. The molecule has 2 rings (SSSR count). The number of hydrogen-bond acceptors (Lipinski definition) is 3. The topological polar surface area (TPSA) is 62.1 Å². The van der Waals surface area contributed by atoms with Crippen molar-refractivity contribution in [1.82, 2.24) is 5.32 Å². The molecule has 0 spiro atoms. The molecule has 4 nitrogen and oxygen atoms in total. The van der Waals surface area contributed by atoms with Gasteiger partial charge in [-0.3, -0.25) is 4.79 Å². The highest BCUT2D eigenvalue weighted by Gasteiger charge is 2.12. The van der Waals surface area contributed by atoms with Crippen molar-refractivity contribution in [3.8, 4) is 11.8 Å². The molecule has 0 radical (unpaired) electrons. The van der Waals surface area contributed by atoms with E-state index in [4.69, 9.17) is 21.6 Å². The molecule has 1 N–H and O–H groups in total. The Balaban J connectivity index is 2.06. The maximum atomic E-state index is 12.1. The molecule has 0 aromatic heterocycles. The SMILES string of the molecule is COc1cc(Cl)ccc1C(=O)NCc1ccc(C#N)cc1. The van der Waals surface area contributed by atoms with E-state index < -0.39 is 0 Å². The molecule has 0 aliphatic carbocycles. The fraction of sp³-hybridized carbons (Fsp3) is 0.125. The van der Waals surface area contributed by atoms with E-state index in [9.17, 15) is 4.79 Å². The first-order valence-electron chi connectivity index (χ1n) is 6.25. The molecule has 0 aliphatic rings. The fourth-order valence-electron chi connectivity index (χ4n) is 1.83. The zero-order valence-electron chi connectivity index (χ0n) is 11.4. The van der Waals surface area contributed by atoms with Crippen molar-refractivity contribution < 1.29 is 9.53 Å². The lowest BCUT2D eigenvalue weighted by molar-refractivity contribution is 0.0948. The van der Waals surface area contributed by atoms with Crippen LogP contribution in [0, 0.1) is 11.3 Å². The van der Waals surface area contributed by atoms with Crippen LogP contribution < -0.4 is 10.1 Å². The predicted octanol–water partition coefficient (Wildman–Crippen LogP) is 3.15. The highest BCUT2D eigenvalue weighted by Crippen LogP contribution is 2.23. The molecule has 0 atom stereocenters. The number of nitriles is 1. The molecule has 0 saturated heterocycles. The summed E-state index contributed by atoms with van der Waals surface area (Å²) < 4.78 is 5.15. The van der Waals surface area contributed by atoms with Gasteiger partial charge >= 0.3 is 0 Å². The summed E-state index contributed by atoms with van der Waals surface area (Å²) in [5, 5.41) is 12.0. The third kappa shape index (κ3) is 3.74. The second-order valence-corrected chi connectivity index (χ2v) is 4.77. The van der Waals surface area contributed by atoms with Crippen LogP contribution in [0.25, 0.3) is 0 Å². The van der Waals surface area contributed by atoms with E-state index in [2.05, 4.69) is 5.32 Å². The molecule has 2 aromatic carbocycles. The van der Waals surface area contributed by atoms with Gasteiger partial charge in [-0.05, 0) is 35.9 Å². The van der Waals surface area contributed by atoms with Gasteiger partial charge in [0.15, 0.2) is 0 Å². The molecule has 0 heterocycles.